The van der Waals surface area contributed by atoms with Gasteiger partial charge in [-0.1, -0.05) is 44.0 Å². The Hall–Kier alpha value is -1.39. The van der Waals surface area contributed by atoms with Gasteiger partial charge in [0.2, 0.25) is 5.91 Å². The molecular formula is C17H28N2O2. The summed E-state index contributed by atoms with van der Waals surface area (Å²) in [5, 5.41) is 6.22. The van der Waals surface area contributed by atoms with Crippen LogP contribution in [0.1, 0.15) is 44.2 Å². The predicted molar refractivity (Wildman–Crippen MR) is 86.0 cm³/mol. The summed E-state index contributed by atoms with van der Waals surface area (Å²) in [6.45, 7) is 6.11. The molecule has 1 atom stereocenters. The van der Waals surface area contributed by atoms with Gasteiger partial charge in [-0.05, 0) is 24.5 Å². The number of hydrogen-bond donors (Lipinski definition) is 2. The second-order valence-electron chi connectivity index (χ2n) is 5.35. The van der Waals surface area contributed by atoms with Crippen LogP contribution in [0.15, 0.2) is 24.3 Å². The predicted octanol–water partition coefficient (Wildman–Crippen LogP) is 2.62. The van der Waals surface area contributed by atoms with Gasteiger partial charge < -0.3 is 15.4 Å². The third kappa shape index (κ3) is 7.25. The van der Waals surface area contributed by atoms with Gasteiger partial charge >= 0.3 is 0 Å². The molecule has 0 aliphatic heterocycles. The second kappa shape index (κ2) is 10.4. The van der Waals surface area contributed by atoms with Crippen LogP contribution >= 0.6 is 0 Å². The summed E-state index contributed by atoms with van der Waals surface area (Å²) in [6.07, 6.45) is 3.38. The van der Waals surface area contributed by atoms with Crippen LogP contribution < -0.4 is 10.6 Å². The molecule has 1 rings (SSSR count). The molecule has 0 aromatic heterocycles. The van der Waals surface area contributed by atoms with E-state index in [0.29, 0.717) is 13.2 Å². The molecule has 21 heavy (non-hydrogen) atoms. The highest BCUT2D eigenvalue weighted by atomic mass is 16.5. The third-order valence-corrected chi connectivity index (χ3v) is 3.39. The monoisotopic (exact) mass is 292 g/mol. The standard InChI is InChI=1S/C17H28N2O2/c1-4-5-6-10-18-17(20)14(2)19-12-15-8-7-9-16(11-15)13-21-3/h7-9,11,14,19H,4-6,10,12-13H2,1-3H3,(H,18,20). The van der Waals surface area contributed by atoms with Gasteiger partial charge in [0.15, 0.2) is 0 Å². The Kier molecular flexibility index (Phi) is 8.71. The number of methoxy groups -OCH3 is 1. The number of hydrogen-bond acceptors (Lipinski definition) is 3. The molecule has 0 aliphatic carbocycles. The smallest absolute Gasteiger partial charge is 0.236 e. The zero-order valence-electron chi connectivity index (χ0n) is 13.4. The highest BCUT2D eigenvalue weighted by Gasteiger charge is 2.11. The van der Waals surface area contributed by atoms with Crippen molar-refractivity contribution < 1.29 is 9.53 Å². The fourth-order valence-corrected chi connectivity index (χ4v) is 2.10. The lowest BCUT2D eigenvalue weighted by Gasteiger charge is -2.14. The summed E-state index contributed by atoms with van der Waals surface area (Å²) in [6, 6.07) is 8.02. The summed E-state index contributed by atoms with van der Waals surface area (Å²) >= 11 is 0. The van der Waals surface area contributed by atoms with Crippen LogP contribution in [0.25, 0.3) is 0 Å². The first-order chi connectivity index (χ1) is 10.2. The van der Waals surface area contributed by atoms with Crippen LogP contribution in [0.4, 0.5) is 0 Å². The molecule has 0 fully saturated rings. The molecule has 0 saturated heterocycles. The number of carbonyl (C=O) groups excluding carboxylic acids is 1. The van der Waals surface area contributed by atoms with E-state index in [9.17, 15) is 4.79 Å². The molecule has 0 heterocycles. The van der Waals surface area contributed by atoms with E-state index < -0.39 is 0 Å². The first-order valence-electron chi connectivity index (χ1n) is 7.75. The van der Waals surface area contributed by atoms with E-state index >= 15 is 0 Å². The van der Waals surface area contributed by atoms with Crippen molar-refractivity contribution in [3.05, 3.63) is 35.4 Å². The number of amides is 1. The third-order valence-electron chi connectivity index (χ3n) is 3.39. The lowest BCUT2D eigenvalue weighted by atomic mass is 10.1. The Morgan fingerprint density at radius 2 is 2.05 bits per heavy atom. The molecule has 0 bridgehead atoms. The first-order valence-corrected chi connectivity index (χ1v) is 7.75. The zero-order chi connectivity index (χ0) is 15.5. The van der Waals surface area contributed by atoms with Crippen molar-refractivity contribution in [1.29, 1.82) is 0 Å². The number of ether oxygens (including phenoxy) is 1. The molecule has 1 aromatic rings. The Bertz CT molecular complexity index is 421. The van der Waals surface area contributed by atoms with Gasteiger partial charge in [-0.3, -0.25) is 4.79 Å². The summed E-state index contributed by atoms with van der Waals surface area (Å²) < 4.78 is 5.13. The molecule has 4 nitrogen and oxygen atoms in total. The Balaban J connectivity index is 2.32. The molecule has 2 N–H and O–H groups in total. The first kappa shape index (κ1) is 17.7. The fourth-order valence-electron chi connectivity index (χ4n) is 2.10. The van der Waals surface area contributed by atoms with Crippen molar-refractivity contribution in [2.75, 3.05) is 13.7 Å². The maximum atomic E-state index is 11.9. The Morgan fingerprint density at radius 1 is 1.29 bits per heavy atom. The minimum Gasteiger partial charge on any atom is -0.380 e. The van der Waals surface area contributed by atoms with Crippen LogP contribution in [0, 0.1) is 0 Å². The molecule has 1 amide bonds. The molecule has 0 spiro atoms. The second-order valence-corrected chi connectivity index (χ2v) is 5.35. The highest BCUT2D eigenvalue weighted by molar-refractivity contribution is 5.81. The van der Waals surface area contributed by atoms with E-state index in [1.807, 2.05) is 19.1 Å². The highest BCUT2D eigenvalue weighted by Crippen LogP contribution is 2.06. The quantitative estimate of drug-likeness (QED) is 0.652. The van der Waals surface area contributed by atoms with Gasteiger partial charge in [-0.2, -0.15) is 0 Å². The SMILES string of the molecule is CCCCCNC(=O)C(C)NCc1cccc(COC)c1. The average Bonchev–Trinajstić information content (AvgIpc) is 2.49. The van der Waals surface area contributed by atoms with Gasteiger partial charge in [0.25, 0.3) is 0 Å². The number of nitrogens with one attached hydrogen (secondary N) is 2. The maximum absolute atomic E-state index is 11.9. The van der Waals surface area contributed by atoms with Crippen LogP contribution in [0.2, 0.25) is 0 Å². The minimum absolute atomic E-state index is 0.0687. The van der Waals surface area contributed by atoms with Crippen molar-refractivity contribution >= 4 is 5.91 Å². The van der Waals surface area contributed by atoms with Gasteiger partial charge in [0, 0.05) is 20.2 Å². The molecule has 4 heteroatoms. The van der Waals surface area contributed by atoms with E-state index in [1.54, 1.807) is 7.11 Å². The maximum Gasteiger partial charge on any atom is 0.236 e. The van der Waals surface area contributed by atoms with E-state index in [4.69, 9.17) is 4.74 Å². The van der Waals surface area contributed by atoms with Gasteiger partial charge in [0.05, 0.1) is 12.6 Å². The van der Waals surface area contributed by atoms with Crippen LogP contribution in [-0.2, 0) is 22.7 Å². The molecule has 0 saturated carbocycles. The van der Waals surface area contributed by atoms with Crippen LogP contribution in [0.5, 0.6) is 0 Å². The molecule has 1 aromatic carbocycles. The Labute approximate surface area is 128 Å². The Morgan fingerprint density at radius 3 is 2.76 bits per heavy atom. The van der Waals surface area contributed by atoms with Gasteiger partial charge in [0.1, 0.15) is 0 Å². The van der Waals surface area contributed by atoms with E-state index in [-0.39, 0.29) is 11.9 Å². The minimum atomic E-state index is -0.183. The van der Waals surface area contributed by atoms with Crippen molar-refractivity contribution in [3.63, 3.8) is 0 Å². The molecular weight excluding hydrogens is 264 g/mol. The molecule has 0 radical (unpaired) electrons. The van der Waals surface area contributed by atoms with Gasteiger partial charge in [-0.25, -0.2) is 0 Å². The summed E-state index contributed by atoms with van der Waals surface area (Å²) in [7, 11) is 1.69. The number of unbranched alkanes of at least 4 members (excludes halogenated alkanes) is 2. The number of carbonyl (C=O) groups is 1. The lowest BCUT2D eigenvalue weighted by molar-refractivity contribution is -0.122. The topological polar surface area (TPSA) is 50.4 Å². The van der Waals surface area contributed by atoms with E-state index in [1.165, 1.54) is 6.42 Å². The summed E-state index contributed by atoms with van der Waals surface area (Å²) in [5.74, 6) is 0.0687. The van der Waals surface area contributed by atoms with Gasteiger partial charge in [-0.15, -0.1) is 0 Å². The van der Waals surface area contributed by atoms with Crippen molar-refractivity contribution in [2.45, 2.75) is 52.3 Å². The van der Waals surface area contributed by atoms with Crippen molar-refractivity contribution in [3.8, 4) is 0 Å². The normalized spacial score (nSPS) is 12.1. The van der Waals surface area contributed by atoms with E-state index in [0.717, 1.165) is 30.5 Å². The summed E-state index contributed by atoms with van der Waals surface area (Å²) in [4.78, 5) is 11.9. The molecule has 0 aliphatic rings. The van der Waals surface area contributed by atoms with E-state index in [2.05, 4.69) is 29.7 Å². The average molecular weight is 292 g/mol. The molecule has 1 unspecified atom stereocenters. The number of rotatable bonds is 10. The number of benzene rings is 1. The molecule has 118 valence electrons. The fraction of sp³-hybridized carbons (Fsp3) is 0.588. The van der Waals surface area contributed by atoms with Crippen LogP contribution in [0.3, 0.4) is 0 Å². The van der Waals surface area contributed by atoms with Crippen LogP contribution in [-0.4, -0.2) is 25.6 Å². The lowest BCUT2D eigenvalue weighted by Crippen LogP contribution is -2.42. The van der Waals surface area contributed by atoms with Crippen molar-refractivity contribution in [2.24, 2.45) is 0 Å². The van der Waals surface area contributed by atoms with Crippen molar-refractivity contribution in [1.82, 2.24) is 10.6 Å². The zero-order valence-corrected chi connectivity index (χ0v) is 13.4. The largest absolute Gasteiger partial charge is 0.380 e. The summed E-state index contributed by atoms with van der Waals surface area (Å²) in [5.41, 5.74) is 2.31.